The third-order valence-electron chi connectivity index (χ3n) is 6.24. The Bertz CT molecular complexity index is 1540. The van der Waals surface area contributed by atoms with Crippen LogP contribution < -0.4 is 10.6 Å². The number of ketones is 2. The minimum Gasteiger partial charge on any atom is -0.302 e. The van der Waals surface area contributed by atoms with Crippen molar-refractivity contribution < 1.29 is 45.5 Å². The molecule has 0 aliphatic carbocycles. The molecule has 4 aromatic heterocycles. The number of nitrogens with one attached hydrogen (secondary N) is 2. The minimum absolute atomic E-state index is 0.0945. The van der Waals surface area contributed by atoms with Crippen LogP contribution >= 0.6 is 45.3 Å². The van der Waals surface area contributed by atoms with E-state index in [2.05, 4.69) is 20.6 Å². The van der Waals surface area contributed by atoms with Crippen molar-refractivity contribution in [2.45, 2.75) is 63.7 Å². The van der Waals surface area contributed by atoms with Gasteiger partial charge in [0.15, 0.2) is 10.3 Å². The molecule has 18 heteroatoms. The second-order valence-electron chi connectivity index (χ2n) is 9.72. The number of thiazole rings is 2. The first-order chi connectivity index (χ1) is 21.7. The number of nitrogens with zero attached hydrogens (tertiary/aromatic N) is 2. The van der Waals surface area contributed by atoms with Gasteiger partial charge in [-0.05, 0) is 35.7 Å². The van der Waals surface area contributed by atoms with Gasteiger partial charge in [0.2, 0.25) is 11.8 Å². The summed E-state index contributed by atoms with van der Waals surface area (Å²) < 4.78 is 78.4. The number of anilines is 2. The second kappa shape index (κ2) is 15.4. The lowest BCUT2D eigenvalue weighted by molar-refractivity contribution is -0.117. The van der Waals surface area contributed by atoms with Crippen molar-refractivity contribution in [3.8, 4) is 21.1 Å². The number of rotatable bonds is 15. The molecule has 0 radical (unpaired) electrons. The summed E-state index contributed by atoms with van der Waals surface area (Å²) in [7, 11) is 0. The van der Waals surface area contributed by atoms with Gasteiger partial charge in [0.25, 0.3) is 11.6 Å². The van der Waals surface area contributed by atoms with E-state index >= 15 is 0 Å². The van der Waals surface area contributed by atoms with Gasteiger partial charge in [0.05, 0.1) is 9.75 Å². The Balaban J connectivity index is 1.16. The summed E-state index contributed by atoms with van der Waals surface area (Å²) in [5, 5.41) is 8.03. The van der Waals surface area contributed by atoms with Crippen molar-refractivity contribution in [1.82, 2.24) is 9.97 Å². The van der Waals surface area contributed by atoms with Gasteiger partial charge in [0.1, 0.15) is 21.1 Å². The molecule has 0 aliphatic heterocycles. The molecule has 4 aromatic rings. The van der Waals surface area contributed by atoms with Gasteiger partial charge in [0, 0.05) is 12.8 Å². The second-order valence-corrected chi connectivity index (χ2v) is 13.6. The van der Waals surface area contributed by atoms with Gasteiger partial charge in [-0.1, -0.05) is 60.5 Å². The van der Waals surface area contributed by atoms with Crippen LogP contribution in [0.15, 0.2) is 35.0 Å². The summed E-state index contributed by atoms with van der Waals surface area (Å²) in [6.07, 6.45) is -6.12. The molecular weight excluding hydrogens is 699 g/mol. The molecule has 0 spiro atoms. The highest BCUT2D eigenvalue weighted by Crippen LogP contribution is 2.39. The molecule has 2 N–H and O–H groups in total. The van der Waals surface area contributed by atoms with Crippen molar-refractivity contribution in [2.24, 2.45) is 0 Å². The van der Waals surface area contributed by atoms with Crippen molar-refractivity contribution in [3.05, 3.63) is 44.8 Å². The Morgan fingerprint density at radius 3 is 1.30 bits per heavy atom. The lowest BCUT2D eigenvalue weighted by Gasteiger charge is -2.04. The molecule has 0 aromatic carbocycles. The summed E-state index contributed by atoms with van der Waals surface area (Å²) in [6.45, 7) is 0. The zero-order chi connectivity index (χ0) is 33.5. The van der Waals surface area contributed by atoms with Crippen LogP contribution in [-0.4, -0.2) is 45.7 Å². The summed E-state index contributed by atoms with van der Waals surface area (Å²) in [5.41, 5.74) is -0.246. The van der Waals surface area contributed by atoms with Crippen LogP contribution in [0, 0.1) is 0 Å². The minimum atomic E-state index is -5.08. The first-order valence-corrected chi connectivity index (χ1v) is 17.1. The van der Waals surface area contributed by atoms with E-state index in [1.165, 1.54) is 12.1 Å². The molecule has 0 unspecified atom stereocenters. The van der Waals surface area contributed by atoms with Crippen LogP contribution in [0.5, 0.6) is 0 Å². The average Bonchev–Trinajstić information content (AvgIpc) is 3.79. The van der Waals surface area contributed by atoms with Gasteiger partial charge in [-0.15, -0.1) is 22.7 Å². The highest BCUT2D eigenvalue weighted by Gasteiger charge is 2.43. The fraction of sp³-hybridized carbons (Fsp3) is 0.357. The maximum absolute atomic E-state index is 13.1. The van der Waals surface area contributed by atoms with E-state index in [1.54, 1.807) is 22.9 Å². The number of halogens is 6. The number of hydrogen-bond acceptors (Lipinski definition) is 10. The highest BCUT2D eigenvalue weighted by atomic mass is 32.1. The van der Waals surface area contributed by atoms with Crippen molar-refractivity contribution in [3.63, 3.8) is 0 Å². The third-order valence-corrected chi connectivity index (χ3v) is 9.93. The third kappa shape index (κ3) is 9.52. The molecular formula is C28H24F6N4O4S4. The van der Waals surface area contributed by atoms with Crippen molar-refractivity contribution in [2.75, 3.05) is 10.6 Å². The van der Waals surface area contributed by atoms with E-state index in [1.807, 2.05) is 0 Å². The molecule has 0 saturated carbocycles. The predicted molar refractivity (Wildman–Crippen MR) is 166 cm³/mol. The molecule has 0 fully saturated rings. The van der Waals surface area contributed by atoms with Gasteiger partial charge in [-0.25, -0.2) is 9.97 Å². The number of thiophene rings is 2. The molecule has 2 amide bonds. The average molecular weight is 723 g/mol. The van der Waals surface area contributed by atoms with Gasteiger partial charge < -0.3 is 10.6 Å². The lowest BCUT2D eigenvalue weighted by atomic mass is 10.1. The van der Waals surface area contributed by atoms with E-state index in [9.17, 15) is 45.5 Å². The summed E-state index contributed by atoms with van der Waals surface area (Å²) >= 11 is 3.20. The first-order valence-electron chi connectivity index (χ1n) is 13.7. The smallest absolute Gasteiger partial charge is 0.302 e. The quantitative estimate of drug-likeness (QED) is 0.0718. The van der Waals surface area contributed by atoms with E-state index in [0.29, 0.717) is 58.1 Å². The number of Topliss-reactive ketones (excluding diaryl/α,β-unsaturated/α-hetero) is 2. The van der Waals surface area contributed by atoms with E-state index in [0.717, 1.165) is 35.5 Å². The monoisotopic (exact) mass is 722 g/mol. The Kier molecular flexibility index (Phi) is 11.8. The van der Waals surface area contributed by atoms with Gasteiger partial charge in [-0.3, -0.25) is 19.2 Å². The summed E-state index contributed by atoms with van der Waals surface area (Å²) in [5.74, 6) is -4.94. The molecule has 0 saturated heterocycles. The van der Waals surface area contributed by atoms with Crippen LogP contribution in [0.2, 0.25) is 0 Å². The Morgan fingerprint density at radius 1 is 0.609 bits per heavy atom. The van der Waals surface area contributed by atoms with Crippen LogP contribution in [0.4, 0.5) is 36.6 Å². The molecule has 4 heterocycles. The Morgan fingerprint density at radius 2 is 0.978 bits per heavy atom. The van der Waals surface area contributed by atoms with E-state index in [4.69, 9.17) is 0 Å². The maximum atomic E-state index is 13.1. The first kappa shape index (κ1) is 35.4. The summed E-state index contributed by atoms with van der Waals surface area (Å²) in [6, 6.07) is 6.30. The molecule has 4 rings (SSSR count). The fourth-order valence-corrected chi connectivity index (χ4v) is 7.60. The van der Waals surface area contributed by atoms with Crippen LogP contribution in [-0.2, 0) is 9.59 Å². The Labute approximate surface area is 273 Å². The fourth-order valence-electron chi connectivity index (χ4n) is 4.11. The zero-order valence-corrected chi connectivity index (χ0v) is 26.8. The number of carbonyl (C=O) groups is 4. The predicted octanol–water partition coefficient (Wildman–Crippen LogP) is 9.24. The standard InChI is InChI=1S/C28H24F6N4O4S4/c29-27(30,31)23(41)21-19(15-9-7-13-43-15)37-25(45-21)35-17(39)11-5-3-1-2-4-6-12-18(40)36-26-38-20(16-10-8-14-44-16)22(46-26)24(42)28(32,33)34/h7-10,13-14H,1-6,11-12H2,(H,35,37,39)(H,36,38,40). The van der Waals surface area contributed by atoms with Gasteiger partial charge in [-0.2, -0.15) is 26.3 Å². The van der Waals surface area contributed by atoms with Crippen molar-refractivity contribution >= 4 is 79.0 Å². The normalized spacial score (nSPS) is 11.9. The zero-order valence-electron chi connectivity index (χ0n) is 23.5. The van der Waals surface area contributed by atoms with Crippen LogP contribution in [0.1, 0.15) is 70.7 Å². The topological polar surface area (TPSA) is 118 Å². The molecule has 246 valence electrons. The Hall–Kier alpha value is -3.48. The number of amides is 2. The molecule has 46 heavy (non-hydrogen) atoms. The number of alkyl halides is 6. The number of unbranched alkanes of at least 4 members (excludes halogenated alkanes) is 5. The molecule has 0 bridgehead atoms. The van der Waals surface area contributed by atoms with Crippen molar-refractivity contribution in [1.29, 1.82) is 0 Å². The SMILES string of the molecule is O=C(CCCCCCCCC(=O)Nc1nc(-c2cccs2)c(C(=O)C(F)(F)F)s1)Nc1nc(-c2cccs2)c(C(=O)C(F)(F)F)s1. The van der Waals surface area contributed by atoms with E-state index < -0.39 is 45.5 Å². The number of hydrogen-bond donors (Lipinski definition) is 2. The number of aromatic nitrogens is 2. The van der Waals surface area contributed by atoms with E-state index in [-0.39, 0.29) is 34.5 Å². The molecule has 8 nitrogen and oxygen atoms in total. The molecule has 0 atom stereocenters. The van der Waals surface area contributed by atoms with Crippen LogP contribution in [0.3, 0.4) is 0 Å². The van der Waals surface area contributed by atoms with Crippen LogP contribution in [0.25, 0.3) is 21.1 Å². The molecule has 0 aliphatic rings. The number of carbonyl (C=O) groups excluding carboxylic acids is 4. The lowest BCUT2D eigenvalue weighted by Crippen LogP contribution is -2.22. The maximum Gasteiger partial charge on any atom is 0.455 e. The van der Waals surface area contributed by atoms with Gasteiger partial charge >= 0.3 is 12.4 Å². The largest absolute Gasteiger partial charge is 0.455 e. The highest BCUT2D eigenvalue weighted by molar-refractivity contribution is 7.19. The summed E-state index contributed by atoms with van der Waals surface area (Å²) in [4.78, 5) is 56.2.